The van der Waals surface area contributed by atoms with Crippen molar-refractivity contribution in [2.75, 3.05) is 39.3 Å². The summed E-state index contributed by atoms with van der Waals surface area (Å²) < 4.78 is 16.6. The molecule has 1 aliphatic heterocycles. The van der Waals surface area contributed by atoms with Crippen LogP contribution in [0.25, 0.3) is 10.8 Å². The molecular weight excluding hydrogens is 384 g/mol. The number of pyridine rings is 1. The van der Waals surface area contributed by atoms with Crippen molar-refractivity contribution < 1.29 is 19.0 Å². The van der Waals surface area contributed by atoms with Crippen LogP contribution in [0.4, 0.5) is 5.82 Å². The third-order valence-electron chi connectivity index (χ3n) is 5.49. The van der Waals surface area contributed by atoms with E-state index in [0.29, 0.717) is 35.2 Å². The van der Waals surface area contributed by atoms with Crippen molar-refractivity contribution in [2.45, 2.75) is 12.8 Å². The fraction of sp³-hybridized carbons (Fsp3) is 0.364. The fourth-order valence-corrected chi connectivity index (χ4v) is 4.05. The number of Topliss-reactive ketones (excluding diaryl/α,β-unsaturated/α-hetero) is 1. The van der Waals surface area contributed by atoms with Crippen LogP contribution in [0, 0.1) is 5.92 Å². The van der Waals surface area contributed by atoms with E-state index >= 15 is 0 Å². The Morgan fingerprint density at radius 1 is 1.10 bits per heavy atom. The molecule has 1 aromatic carbocycles. The first-order valence-electron chi connectivity index (χ1n) is 9.81. The number of ether oxygens (including phenoxy) is 3. The van der Waals surface area contributed by atoms with E-state index in [1.165, 1.54) is 0 Å². The molecule has 1 atom stereocenters. The number of carbonyl (C=O) groups is 1. The lowest BCUT2D eigenvalue weighted by Gasteiger charge is -2.33. The molecule has 30 heavy (non-hydrogen) atoms. The zero-order valence-corrected chi connectivity index (χ0v) is 17.3. The van der Waals surface area contributed by atoms with Gasteiger partial charge in [0.1, 0.15) is 0 Å². The molecule has 8 heteroatoms. The number of hydrogen-bond acceptors (Lipinski definition) is 8. The van der Waals surface area contributed by atoms with Gasteiger partial charge in [-0.3, -0.25) is 9.78 Å². The largest absolute Gasteiger partial charge is 0.493 e. The predicted molar refractivity (Wildman–Crippen MR) is 113 cm³/mol. The number of nitrogens with zero attached hydrogens (tertiary/aromatic N) is 4. The van der Waals surface area contributed by atoms with Gasteiger partial charge in [0, 0.05) is 42.4 Å². The maximum Gasteiger partial charge on any atom is 0.204 e. The molecule has 0 N–H and O–H groups in total. The minimum atomic E-state index is -0.123. The maximum absolute atomic E-state index is 13.0. The van der Waals surface area contributed by atoms with Crippen LogP contribution in [-0.2, 0) is 0 Å². The standard InChI is InChI=1S/C22H24N4O4/c1-28-18-10-16-17(20(29-2)21(18)30-3)12-24-25-22(16)26-9-5-7-15(13-26)19(27)14-6-4-8-23-11-14/h4,6,8,10-12,15H,5,7,9,13H2,1-3H3. The van der Waals surface area contributed by atoms with Gasteiger partial charge in [0.15, 0.2) is 23.1 Å². The van der Waals surface area contributed by atoms with Crippen molar-refractivity contribution in [2.24, 2.45) is 5.92 Å². The van der Waals surface area contributed by atoms with E-state index in [-0.39, 0.29) is 11.7 Å². The van der Waals surface area contributed by atoms with Gasteiger partial charge < -0.3 is 19.1 Å². The minimum absolute atomic E-state index is 0.109. The van der Waals surface area contributed by atoms with E-state index < -0.39 is 0 Å². The monoisotopic (exact) mass is 408 g/mol. The highest BCUT2D eigenvalue weighted by Crippen LogP contribution is 2.45. The summed E-state index contributed by atoms with van der Waals surface area (Å²) in [5.41, 5.74) is 0.640. The van der Waals surface area contributed by atoms with Gasteiger partial charge in [0.05, 0.1) is 32.9 Å². The zero-order valence-electron chi connectivity index (χ0n) is 17.3. The van der Waals surface area contributed by atoms with Crippen molar-refractivity contribution in [1.29, 1.82) is 0 Å². The molecule has 1 unspecified atom stereocenters. The first-order valence-corrected chi connectivity index (χ1v) is 9.81. The molecule has 0 spiro atoms. The summed E-state index contributed by atoms with van der Waals surface area (Å²) in [5.74, 6) is 2.30. The SMILES string of the molecule is COc1cc2c(N3CCCC(C(=O)c4cccnc4)C3)nncc2c(OC)c1OC. The van der Waals surface area contributed by atoms with Crippen LogP contribution >= 0.6 is 0 Å². The summed E-state index contributed by atoms with van der Waals surface area (Å²) in [6.45, 7) is 1.36. The van der Waals surface area contributed by atoms with Crippen LogP contribution in [0.15, 0.2) is 36.8 Å². The minimum Gasteiger partial charge on any atom is -0.493 e. The molecule has 0 amide bonds. The lowest BCUT2D eigenvalue weighted by atomic mass is 9.90. The van der Waals surface area contributed by atoms with Crippen molar-refractivity contribution >= 4 is 22.4 Å². The summed E-state index contributed by atoms with van der Waals surface area (Å²) in [4.78, 5) is 19.2. The number of aromatic nitrogens is 3. The first kappa shape index (κ1) is 19.9. The smallest absolute Gasteiger partial charge is 0.204 e. The molecule has 1 saturated heterocycles. The highest BCUT2D eigenvalue weighted by molar-refractivity contribution is 6.00. The molecule has 8 nitrogen and oxygen atoms in total. The van der Waals surface area contributed by atoms with Crippen molar-refractivity contribution in [3.8, 4) is 17.2 Å². The van der Waals surface area contributed by atoms with Gasteiger partial charge in [-0.25, -0.2) is 0 Å². The Kier molecular flexibility index (Phi) is 5.65. The number of fused-ring (bicyclic) bond motifs is 1. The molecule has 1 fully saturated rings. The highest BCUT2D eigenvalue weighted by atomic mass is 16.5. The van der Waals surface area contributed by atoms with Crippen molar-refractivity contribution in [3.05, 3.63) is 42.4 Å². The van der Waals surface area contributed by atoms with E-state index in [9.17, 15) is 4.79 Å². The molecule has 3 aromatic rings. The molecule has 0 aliphatic carbocycles. The molecule has 4 rings (SSSR count). The van der Waals surface area contributed by atoms with Crippen LogP contribution in [0.3, 0.4) is 0 Å². The topological polar surface area (TPSA) is 86.7 Å². The van der Waals surface area contributed by atoms with Crippen LogP contribution in [-0.4, -0.2) is 55.4 Å². The maximum atomic E-state index is 13.0. The molecule has 2 aromatic heterocycles. The Balaban J connectivity index is 1.73. The Morgan fingerprint density at radius 3 is 2.63 bits per heavy atom. The third-order valence-corrected chi connectivity index (χ3v) is 5.49. The van der Waals surface area contributed by atoms with Gasteiger partial charge in [-0.05, 0) is 31.0 Å². The Bertz CT molecular complexity index is 1060. The second-order valence-electron chi connectivity index (χ2n) is 7.17. The summed E-state index contributed by atoms with van der Waals surface area (Å²) in [6.07, 6.45) is 6.68. The molecule has 0 bridgehead atoms. The molecule has 0 radical (unpaired) electrons. The average molecular weight is 408 g/mol. The Labute approximate surface area is 174 Å². The molecule has 3 heterocycles. The second kappa shape index (κ2) is 8.52. The third kappa shape index (κ3) is 3.49. The second-order valence-corrected chi connectivity index (χ2v) is 7.17. The summed E-state index contributed by atoms with van der Waals surface area (Å²) in [7, 11) is 4.74. The molecular formula is C22H24N4O4. The predicted octanol–water partition coefficient (Wildman–Crippen LogP) is 3.15. The fourth-order valence-electron chi connectivity index (χ4n) is 4.05. The number of piperidine rings is 1. The van der Waals surface area contributed by atoms with Crippen molar-refractivity contribution in [1.82, 2.24) is 15.2 Å². The highest BCUT2D eigenvalue weighted by Gasteiger charge is 2.29. The number of rotatable bonds is 6. The van der Waals surface area contributed by atoms with Gasteiger partial charge in [0.25, 0.3) is 0 Å². The van der Waals surface area contributed by atoms with Crippen LogP contribution < -0.4 is 19.1 Å². The van der Waals surface area contributed by atoms with Gasteiger partial charge in [-0.1, -0.05) is 0 Å². The van der Waals surface area contributed by atoms with Gasteiger partial charge >= 0.3 is 0 Å². The lowest BCUT2D eigenvalue weighted by molar-refractivity contribution is 0.0906. The molecule has 156 valence electrons. The summed E-state index contributed by atoms with van der Waals surface area (Å²) >= 11 is 0. The van der Waals surface area contributed by atoms with Crippen molar-refractivity contribution in [3.63, 3.8) is 0 Å². The average Bonchev–Trinajstić information content (AvgIpc) is 2.82. The number of methoxy groups -OCH3 is 3. The number of benzene rings is 1. The molecule has 0 saturated carbocycles. The summed E-state index contributed by atoms with van der Waals surface area (Å²) in [5, 5.41) is 10.2. The quantitative estimate of drug-likeness (QED) is 0.575. The first-order chi connectivity index (χ1) is 14.7. The molecule has 1 aliphatic rings. The van der Waals surface area contributed by atoms with Gasteiger partial charge in [-0.2, -0.15) is 5.10 Å². The Morgan fingerprint density at radius 2 is 1.93 bits per heavy atom. The van der Waals surface area contributed by atoms with Gasteiger partial charge in [0.2, 0.25) is 5.75 Å². The normalized spacial score (nSPS) is 16.4. The Hall–Kier alpha value is -3.42. The van der Waals surface area contributed by atoms with E-state index in [1.54, 1.807) is 46.0 Å². The number of carbonyl (C=O) groups excluding carboxylic acids is 1. The van der Waals surface area contributed by atoms with Crippen LogP contribution in [0.1, 0.15) is 23.2 Å². The van der Waals surface area contributed by atoms with Gasteiger partial charge in [-0.15, -0.1) is 5.10 Å². The van der Waals surface area contributed by atoms with Crippen LogP contribution in [0.5, 0.6) is 17.2 Å². The zero-order chi connectivity index (χ0) is 21.1. The lowest BCUT2D eigenvalue weighted by Crippen LogP contribution is -2.39. The van der Waals surface area contributed by atoms with E-state index in [2.05, 4.69) is 20.1 Å². The van der Waals surface area contributed by atoms with E-state index in [4.69, 9.17) is 14.2 Å². The summed E-state index contributed by atoms with van der Waals surface area (Å²) in [6, 6.07) is 5.48. The number of hydrogen-bond donors (Lipinski definition) is 0. The van der Waals surface area contributed by atoms with E-state index in [1.807, 2.05) is 12.1 Å². The van der Waals surface area contributed by atoms with E-state index in [0.717, 1.165) is 30.2 Å². The number of anilines is 1. The number of ketones is 1. The van der Waals surface area contributed by atoms with Crippen LogP contribution in [0.2, 0.25) is 0 Å².